The average Bonchev–Trinajstić information content (AvgIpc) is 3.52. The van der Waals surface area contributed by atoms with Crippen LogP contribution in [0.5, 0.6) is 0 Å². The van der Waals surface area contributed by atoms with Crippen molar-refractivity contribution in [2.75, 3.05) is 26.2 Å². The monoisotopic (exact) mass is 406 g/mol. The first kappa shape index (κ1) is 17.8. The van der Waals surface area contributed by atoms with E-state index in [2.05, 4.69) is 43.8 Å². The number of fused-ring (bicyclic) bond motifs is 2. The van der Waals surface area contributed by atoms with Crippen LogP contribution in [0.4, 0.5) is 0 Å². The highest BCUT2D eigenvalue weighted by atomic mass is 35.5. The maximum Gasteiger partial charge on any atom is 0.170 e. The number of imidazole rings is 1. The largest absolute Gasteiger partial charge is 0.453 e. The summed E-state index contributed by atoms with van der Waals surface area (Å²) in [5.74, 6) is 3.41. The average molecular weight is 407 g/mol. The first-order chi connectivity index (χ1) is 13.8. The Morgan fingerprint density at radius 1 is 0.828 bits per heavy atom. The van der Waals surface area contributed by atoms with Crippen LogP contribution in [0.3, 0.4) is 0 Å². The predicted molar refractivity (Wildman–Crippen MR) is 117 cm³/mol. The van der Waals surface area contributed by atoms with Gasteiger partial charge in [0.1, 0.15) is 17.2 Å². The molecule has 2 aromatic heterocycles. The number of benzene rings is 2. The summed E-state index contributed by atoms with van der Waals surface area (Å²) in [4.78, 5) is 17.1. The molecule has 2 aromatic carbocycles. The molecule has 4 heterocycles. The van der Waals surface area contributed by atoms with E-state index in [0.717, 1.165) is 82.6 Å². The number of aromatic amines is 1. The summed E-state index contributed by atoms with van der Waals surface area (Å²) in [5.41, 5.74) is 4.89. The molecule has 0 saturated heterocycles. The highest BCUT2D eigenvalue weighted by Crippen LogP contribution is 2.27. The molecule has 2 aliphatic rings. The van der Waals surface area contributed by atoms with Gasteiger partial charge in [-0.05, 0) is 42.5 Å². The van der Waals surface area contributed by atoms with E-state index in [9.17, 15) is 0 Å². The molecule has 8 heteroatoms. The van der Waals surface area contributed by atoms with Gasteiger partial charge in [-0.3, -0.25) is 9.98 Å². The lowest BCUT2D eigenvalue weighted by atomic mass is 10.1. The van der Waals surface area contributed by atoms with Crippen molar-refractivity contribution in [3.05, 3.63) is 53.8 Å². The van der Waals surface area contributed by atoms with Crippen LogP contribution in [0.25, 0.3) is 33.4 Å². The van der Waals surface area contributed by atoms with Gasteiger partial charge in [-0.15, -0.1) is 12.4 Å². The quantitative estimate of drug-likeness (QED) is 0.487. The van der Waals surface area contributed by atoms with Gasteiger partial charge < -0.3 is 20.0 Å². The highest BCUT2D eigenvalue weighted by molar-refractivity contribution is 6.02. The van der Waals surface area contributed by atoms with Crippen LogP contribution in [0.2, 0.25) is 0 Å². The van der Waals surface area contributed by atoms with Crippen LogP contribution >= 0.6 is 12.4 Å². The molecule has 0 radical (unpaired) electrons. The van der Waals surface area contributed by atoms with Crippen molar-refractivity contribution in [1.29, 1.82) is 0 Å². The molecule has 7 nitrogen and oxygen atoms in total. The number of furan rings is 1. The number of hydrogen-bond donors (Lipinski definition) is 3. The van der Waals surface area contributed by atoms with E-state index in [1.54, 1.807) is 0 Å². The fraction of sp³-hybridized carbons (Fsp3) is 0.190. The molecular weight excluding hydrogens is 388 g/mol. The lowest BCUT2D eigenvalue weighted by Gasteiger charge is -2.01. The number of nitrogens with one attached hydrogen (secondary N) is 3. The molecule has 6 rings (SSSR count). The number of aliphatic imine (C=N–C) groups is 2. The number of hydrogen-bond acceptors (Lipinski definition) is 6. The lowest BCUT2D eigenvalue weighted by Crippen LogP contribution is -2.19. The summed E-state index contributed by atoms with van der Waals surface area (Å²) >= 11 is 0. The van der Waals surface area contributed by atoms with Crippen LogP contribution < -0.4 is 10.6 Å². The van der Waals surface area contributed by atoms with E-state index < -0.39 is 0 Å². The van der Waals surface area contributed by atoms with Gasteiger partial charge in [-0.25, -0.2) is 4.98 Å². The number of rotatable bonds is 3. The van der Waals surface area contributed by atoms with Gasteiger partial charge in [0.25, 0.3) is 0 Å². The molecule has 0 spiro atoms. The normalized spacial score (nSPS) is 15.7. The zero-order valence-corrected chi connectivity index (χ0v) is 16.3. The topological polar surface area (TPSA) is 90.6 Å². The van der Waals surface area contributed by atoms with Crippen LogP contribution in [0.15, 0.2) is 56.9 Å². The standard InChI is InChI=1S/C21H18N6O.ClH/c1-3-15-16(10-13(1)19-22-5-6-23-19)27-20(26-15)12-2-4-17-14(9-12)11-18(28-17)21-24-7-8-25-21;/h1-4,9-11H,5-8H2,(H,22,23)(H,24,25)(H,26,27);1H. The van der Waals surface area contributed by atoms with Crippen molar-refractivity contribution < 1.29 is 4.42 Å². The molecule has 0 saturated carbocycles. The molecular formula is C21H19ClN6O. The Hall–Kier alpha value is -3.32. The minimum atomic E-state index is 0. The summed E-state index contributed by atoms with van der Waals surface area (Å²) in [6.07, 6.45) is 0. The van der Waals surface area contributed by atoms with E-state index in [4.69, 9.17) is 9.40 Å². The number of amidine groups is 2. The minimum absolute atomic E-state index is 0. The van der Waals surface area contributed by atoms with E-state index in [1.165, 1.54) is 0 Å². The van der Waals surface area contributed by atoms with Gasteiger partial charge in [-0.1, -0.05) is 0 Å². The minimum Gasteiger partial charge on any atom is -0.453 e. The Bertz CT molecular complexity index is 1260. The van der Waals surface area contributed by atoms with E-state index in [0.29, 0.717) is 0 Å². The second kappa shape index (κ2) is 6.93. The molecule has 0 atom stereocenters. The summed E-state index contributed by atoms with van der Waals surface area (Å²) in [5, 5.41) is 7.60. The second-order valence-corrected chi connectivity index (χ2v) is 6.99. The number of halogens is 1. The molecule has 0 aliphatic carbocycles. The zero-order chi connectivity index (χ0) is 18.5. The third-order valence-corrected chi connectivity index (χ3v) is 5.13. The summed E-state index contributed by atoms with van der Waals surface area (Å²) in [7, 11) is 0. The second-order valence-electron chi connectivity index (χ2n) is 6.99. The fourth-order valence-electron chi connectivity index (χ4n) is 3.76. The van der Waals surface area contributed by atoms with Crippen LogP contribution in [-0.4, -0.2) is 47.8 Å². The lowest BCUT2D eigenvalue weighted by molar-refractivity contribution is 0.602. The first-order valence-electron chi connectivity index (χ1n) is 9.45. The Labute approximate surface area is 172 Å². The third-order valence-electron chi connectivity index (χ3n) is 5.13. The fourth-order valence-corrected chi connectivity index (χ4v) is 3.76. The third kappa shape index (κ3) is 3.03. The first-order valence-corrected chi connectivity index (χ1v) is 9.45. The van der Waals surface area contributed by atoms with Gasteiger partial charge in [0, 0.05) is 29.6 Å². The highest BCUT2D eigenvalue weighted by Gasteiger charge is 2.15. The molecule has 29 heavy (non-hydrogen) atoms. The van der Waals surface area contributed by atoms with Crippen molar-refractivity contribution in [3.8, 4) is 11.4 Å². The summed E-state index contributed by atoms with van der Waals surface area (Å²) in [6, 6.07) is 14.3. The molecule has 4 aromatic rings. The molecule has 0 fully saturated rings. The molecule has 2 aliphatic heterocycles. The van der Waals surface area contributed by atoms with Gasteiger partial charge >= 0.3 is 0 Å². The van der Waals surface area contributed by atoms with Crippen LogP contribution in [0, 0.1) is 0 Å². The maximum absolute atomic E-state index is 5.93. The Kier molecular flexibility index (Phi) is 4.24. The maximum atomic E-state index is 5.93. The van der Waals surface area contributed by atoms with E-state index in [1.807, 2.05) is 24.3 Å². The van der Waals surface area contributed by atoms with Crippen molar-refractivity contribution >= 4 is 46.1 Å². The molecule has 0 bridgehead atoms. The molecule has 3 N–H and O–H groups in total. The van der Waals surface area contributed by atoms with Crippen LogP contribution in [-0.2, 0) is 0 Å². The molecule has 146 valence electrons. The van der Waals surface area contributed by atoms with Crippen molar-refractivity contribution in [3.63, 3.8) is 0 Å². The van der Waals surface area contributed by atoms with Crippen molar-refractivity contribution in [1.82, 2.24) is 20.6 Å². The van der Waals surface area contributed by atoms with Gasteiger partial charge in [0.2, 0.25) is 0 Å². The molecule has 0 amide bonds. The van der Waals surface area contributed by atoms with E-state index >= 15 is 0 Å². The summed E-state index contributed by atoms with van der Waals surface area (Å²) < 4.78 is 5.93. The van der Waals surface area contributed by atoms with Gasteiger partial charge in [-0.2, -0.15) is 0 Å². The Morgan fingerprint density at radius 3 is 2.41 bits per heavy atom. The number of H-pyrrole nitrogens is 1. The zero-order valence-electron chi connectivity index (χ0n) is 15.5. The number of nitrogens with zero attached hydrogens (tertiary/aromatic N) is 3. The Morgan fingerprint density at radius 2 is 1.62 bits per heavy atom. The van der Waals surface area contributed by atoms with Crippen molar-refractivity contribution in [2.45, 2.75) is 0 Å². The van der Waals surface area contributed by atoms with Gasteiger partial charge in [0.15, 0.2) is 11.6 Å². The molecule has 0 unspecified atom stereocenters. The van der Waals surface area contributed by atoms with E-state index in [-0.39, 0.29) is 12.4 Å². The Balaban J connectivity index is 0.00000181. The SMILES string of the molecule is Cl.c1cc2nc(-c3ccc4oc(C5=NCCN5)cc4c3)[nH]c2cc1C1=NCCN1. The summed E-state index contributed by atoms with van der Waals surface area (Å²) in [6.45, 7) is 3.38. The number of aromatic nitrogens is 2. The van der Waals surface area contributed by atoms with Crippen molar-refractivity contribution in [2.24, 2.45) is 9.98 Å². The van der Waals surface area contributed by atoms with Gasteiger partial charge in [0.05, 0.1) is 24.1 Å². The smallest absolute Gasteiger partial charge is 0.170 e. The van der Waals surface area contributed by atoms with Crippen LogP contribution in [0.1, 0.15) is 11.3 Å². The predicted octanol–water partition coefficient (Wildman–Crippen LogP) is 3.10.